The summed E-state index contributed by atoms with van der Waals surface area (Å²) in [6, 6.07) is 8.17. The lowest BCUT2D eigenvalue weighted by atomic mass is 9.75. The van der Waals surface area contributed by atoms with E-state index in [9.17, 15) is 0 Å². The zero-order valence-electron chi connectivity index (χ0n) is 11.6. The van der Waals surface area contributed by atoms with Crippen molar-refractivity contribution in [1.82, 2.24) is 4.98 Å². The highest BCUT2D eigenvalue weighted by molar-refractivity contribution is 5.92. The molecule has 1 heterocycles. The third-order valence-electron chi connectivity index (χ3n) is 4.34. The molecule has 0 atom stereocenters. The van der Waals surface area contributed by atoms with Gasteiger partial charge in [-0.1, -0.05) is 6.92 Å². The largest absolute Gasteiger partial charge is 0.497 e. The molecule has 3 rings (SSSR count). The molecule has 0 radical (unpaired) electrons. The van der Waals surface area contributed by atoms with Gasteiger partial charge in [-0.2, -0.15) is 0 Å². The molecule has 2 aromatic rings. The number of fused-ring (bicyclic) bond motifs is 1. The summed E-state index contributed by atoms with van der Waals surface area (Å²) in [6.07, 6.45) is 6.84. The molecule has 1 saturated carbocycles. The molecule has 3 nitrogen and oxygen atoms in total. The quantitative estimate of drug-likeness (QED) is 0.898. The van der Waals surface area contributed by atoms with Gasteiger partial charge in [0.15, 0.2) is 0 Å². The molecule has 0 bridgehead atoms. The molecular weight excluding hydrogens is 236 g/mol. The van der Waals surface area contributed by atoms with Gasteiger partial charge in [-0.05, 0) is 55.3 Å². The van der Waals surface area contributed by atoms with E-state index in [4.69, 9.17) is 4.74 Å². The summed E-state index contributed by atoms with van der Waals surface area (Å²) in [4.78, 5) is 4.53. The predicted octanol–water partition coefficient (Wildman–Crippen LogP) is 3.99. The first-order valence-corrected chi connectivity index (χ1v) is 6.97. The van der Waals surface area contributed by atoms with Crippen LogP contribution in [0.5, 0.6) is 5.75 Å². The van der Waals surface area contributed by atoms with E-state index in [0.717, 1.165) is 18.0 Å². The first kappa shape index (κ1) is 12.3. The average molecular weight is 256 g/mol. The molecule has 1 fully saturated rings. The molecular formula is C16H20N2O. The number of pyridine rings is 1. The number of nitrogens with one attached hydrogen (secondary N) is 1. The van der Waals surface area contributed by atoms with Crippen LogP contribution in [0.1, 0.15) is 32.6 Å². The Labute approximate surface area is 114 Å². The van der Waals surface area contributed by atoms with E-state index >= 15 is 0 Å². The van der Waals surface area contributed by atoms with Crippen LogP contribution in [0.2, 0.25) is 0 Å². The minimum Gasteiger partial charge on any atom is -0.497 e. The summed E-state index contributed by atoms with van der Waals surface area (Å²) in [6.45, 7) is 2.25. The molecule has 0 saturated heterocycles. The highest BCUT2D eigenvalue weighted by atomic mass is 16.5. The molecule has 0 spiro atoms. The van der Waals surface area contributed by atoms with Gasteiger partial charge in [0, 0.05) is 17.1 Å². The van der Waals surface area contributed by atoms with Crippen LogP contribution in [-0.4, -0.2) is 17.6 Å². The van der Waals surface area contributed by atoms with Crippen molar-refractivity contribution >= 4 is 16.6 Å². The number of rotatable bonds is 4. The monoisotopic (exact) mass is 256 g/mol. The van der Waals surface area contributed by atoms with Crippen molar-refractivity contribution in [3.8, 4) is 5.75 Å². The number of hydrogen-bond donors (Lipinski definition) is 1. The Morgan fingerprint density at radius 3 is 2.79 bits per heavy atom. The summed E-state index contributed by atoms with van der Waals surface area (Å²) in [5.74, 6) is 1.89. The van der Waals surface area contributed by atoms with Crippen molar-refractivity contribution in [1.29, 1.82) is 0 Å². The van der Waals surface area contributed by atoms with E-state index in [1.54, 1.807) is 7.11 Å². The van der Waals surface area contributed by atoms with Gasteiger partial charge >= 0.3 is 0 Å². The summed E-state index contributed by atoms with van der Waals surface area (Å²) in [5.41, 5.74) is 0.265. The lowest BCUT2D eigenvalue weighted by molar-refractivity contribution is 0.269. The van der Waals surface area contributed by atoms with E-state index in [-0.39, 0.29) is 5.54 Å². The number of ether oxygens (including phenoxy) is 1. The molecule has 0 unspecified atom stereocenters. The maximum absolute atomic E-state index is 5.28. The van der Waals surface area contributed by atoms with Crippen molar-refractivity contribution in [2.45, 2.75) is 38.1 Å². The highest BCUT2D eigenvalue weighted by Gasteiger charge is 2.35. The van der Waals surface area contributed by atoms with Gasteiger partial charge in [0.1, 0.15) is 11.6 Å². The van der Waals surface area contributed by atoms with E-state index in [2.05, 4.69) is 29.4 Å². The van der Waals surface area contributed by atoms with Gasteiger partial charge in [0.05, 0.1) is 7.11 Å². The Hall–Kier alpha value is -1.77. The summed E-state index contributed by atoms with van der Waals surface area (Å²) < 4.78 is 5.28. The van der Waals surface area contributed by atoms with E-state index in [1.807, 2.05) is 18.3 Å². The number of anilines is 1. The number of methoxy groups -OCH3 is 1. The van der Waals surface area contributed by atoms with Gasteiger partial charge in [-0.3, -0.25) is 0 Å². The van der Waals surface area contributed by atoms with Crippen LogP contribution in [0, 0.1) is 0 Å². The molecule has 1 aromatic carbocycles. The van der Waals surface area contributed by atoms with Crippen LogP contribution in [0.25, 0.3) is 10.8 Å². The topological polar surface area (TPSA) is 34.2 Å². The molecule has 19 heavy (non-hydrogen) atoms. The van der Waals surface area contributed by atoms with Gasteiger partial charge < -0.3 is 10.1 Å². The number of hydrogen-bond acceptors (Lipinski definition) is 3. The second kappa shape index (κ2) is 4.72. The average Bonchev–Trinajstić information content (AvgIpc) is 2.42. The lowest BCUT2D eigenvalue weighted by Crippen LogP contribution is -2.44. The minimum atomic E-state index is 0.265. The standard InChI is InChI=1S/C16H20N2O/c1-3-16(8-4-9-16)18-15-14-6-5-13(19-2)11-12(14)7-10-17-15/h5-7,10-11H,3-4,8-9H2,1-2H3,(H,17,18). The van der Waals surface area contributed by atoms with Crippen molar-refractivity contribution < 1.29 is 4.74 Å². The fourth-order valence-corrected chi connectivity index (χ4v) is 2.80. The van der Waals surface area contributed by atoms with Crippen LogP contribution in [0.15, 0.2) is 30.5 Å². The van der Waals surface area contributed by atoms with Crippen LogP contribution in [-0.2, 0) is 0 Å². The van der Waals surface area contributed by atoms with Gasteiger partial charge in [0.2, 0.25) is 0 Å². The molecule has 3 heteroatoms. The Kier molecular flexibility index (Phi) is 3.05. The van der Waals surface area contributed by atoms with Crippen LogP contribution < -0.4 is 10.1 Å². The Balaban J connectivity index is 1.99. The van der Waals surface area contributed by atoms with E-state index < -0.39 is 0 Å². The Bertz CT molecular complexity index is 585. The van der Waals surface area contributed by atoms with Crippen LogP contribution in [0.3, 0.4) is 0 Å². The lowest BCUT2D eigenvalue weighted by Gasteiger charge is -2.42. The number of benzene rings is 1. The Morgan fingerprint density at radius 1 is 1.32 bits per heavy atom. The van der Waals surface area contributed by atoms with Gasteiger partial charge in [-0.15, -0.1) is 0 Å². The zero-order valence-corrected chi connectivity index (χ0v) is 11.6. The van der Waals surface area contributed by atoms with Crippen molar-refractivity contribution in [2.24, 2.45) is 0 Å². The number of nitrogens with zero attached hydrogens (tertiary/aromatic N) is 1. The fraction of sp³-hybridized carbons (Fsp3) is 0.438. The van der Waals surface area contributed by atoms with Crippen LogP contribution >= 0.6 is 0 Å². The molecule has 1 N–H and O–H groups in total. The highest BCUT2D eigenvalue weighted by Crippen LogP contribution is 2.39. The molecule has 100 valence electrons. The molecule has 0 amide bonds. The molecule has 1 aromatic heterocycles. The summed E-state index contributed by atoms with van der Waals surface area (Å²) >= 11 is 0. The summed E-state index contributed by atoms with van der Waals surface area (Å²) in [7, 11) is 1.70. The first-order chi connectivity index (χ1) is 9.26. The minimum absolute atomic E-state index is 0.265. The van der Waals surface area contributed by atoms with Gasteiger partial charge in [-0.25, -0.2) is 4.98 Å². The molecule has 0 aliphatic heterocycles. The third kappa shape index (κ3) is 2.14. The Morgan fingerprint density at radius 2 is 2.16 bits per heavy atom. The summed E-state index contributed by atoms with van der Waals surface area (Å²) in [5, 5.41) is 6.01. The van der Waals surface area contributed by atoms with Crippen molar-refractivity contribution in [2.75, 3.05) is 12.4 Å². The SMILES string of the molecule is CCC1(Nc2nccc3cc(OC)ccc23)CCC1. The normalized spacial score (nSPS) is 16.9. The maximum atomic E-state index is 5.28. The van der Waals surface area contributed by atoms with E-state index in [0.29, 0.717) is 0 Å². The zero-order chi connectivity index (χ0) is 13.3. The third-order valence-corrected chi connectivity index (χ3v) is 4.34. The second-order valence-corrected chi connectivity index (χ2v) is 5.36. The maximum Gasteiger partial charge on any atom is 0.134 e. The van der Waals surface area contributed by atoms with Crippen molar-refractivity contribution in [3.05, 3.63) is 30.5 Å². The first-order valence-electron chi connectivity index (χ1n) is 6.97. The van der Waals surface area contributed by atoms with E-state index in [1.165, 1.54) is 30.0 Å². The van der Waals surface area contributed by atoms with Gasteiger partial charge in [0.25, 0.3) is 0 Å². The fourth-order valence-electron chi connectivity index (χ4n) is 2.80. The second-order valence-electron chi connectivity index (χ2n) is 5.36. The molecule has 1 aliphatic rings. The van der Waals surface area contributed by atoms with Crippen LogP contribution in [0.4, 0.5) is 5.82 Å². The van der Waals surface area contributed by atoms with Crippen molar-refractivity contribution in [3.63, 3.8) is 0 Å². The molecule has 1 aliphatic carbocycles. The predicted molar refractivity (Wildman–Crippen MR) is 78.8 cm³/mol. The number of aromatic nitrogens is 1. The smallest absolute Gasteiger partial charge is 0.134 e.